The van der Waals surface area contributed by atoms with Gasteiger partial charge in [-0.05, 0) is 45.0 Å². The number of aromatic nitrogens is 1. The molecule has 0 spiro atoms. The van der Waals surface area contributed by atoms with Gasteiger partial charge in [-0.1, -0.05) is 6.07 Å². The van der Waals surface area contributed by atoms with E-state index in [1.165, 1.54) is 12.1 Å². The van der Waals surface area contributed by atoms with Crippen LogP contribution in [0.2, 0.25) is 0 Å². The van der Waals surface area contributed by atoms with E-state index in [1.54, 1.807) is 6.07 Å². The second kappa shape index (κ2) is 5.70. The van der Waals surface area contributed by atoms with Crippen molar-refractivity contribution < 1.29 is 4.39 Å². The Morgan fingerprint density at radius 2 is 2.05 bits per heavy atom. The van der Waals surface area contributed by atoms with Gasteiger partial charge in [0.15, 0.2) is 0 Å². The van der Waals surface area contributed by atoms with Crippen LogP contribution >= 0.6 is 0 Å². The van der Waals surface area contributed by atoms with E-state index in [9.17, 15) is 9.65 Å². The quantitative estimate of drug-likeness (QED) is 0.849. The summed E-state index contributed by atoms with van der Waals surface area (Å²) in [4.78, 5) is 6.23. The number of nitriles is 1. The van der Waals surface area contributed by atoms with Gasteiger partial charge in [0.25, 0.3) is 0 Å². The maximum absolute atomic E-state index is 13.4. The molecule has 0 fully saturated rings. The van der Waals surface area contributed by atoms with Crippen molar-refractivity contribution in [1.29, 1.82) is 5.26 Å². The van der Waals surface area contributed by atoms with E-state index in [2.05, 4.69) is 11.1 Å². The number of rotatable bonds is 3. The van der Waals surface area contributed by atoms with Crippen LogP contribution in [-0.4, -0.2) is 11.5 Å². The first-order valence-electron chi connectivity index (χ1n) is 6.48. The number of hydrogen-bond acceptors (Lipinski definition) is 3. The third kappa shape index (κ3) is 2.62. The van der Waals surface area contributed by atoms with Crippen molar-refractivity contribution in [3.05, 3.63) is 53.1 Å². The van der Waals surface area contributed by atoms with Gasteiger partial charge in [0.05, 0.1) is 16.9 Å². The van der Waals surface area contributed by atoms with Crippen molar-refractivity contribution in [2.45, 2.75) is 20.8 Å². The lowest BCUT2D eigenvalue weighted by Gasteiger charge is -2.25. The van der Waals surface area contributed by atoms with E-state index in [-0.39, 0.29) is 5.82 Å². The molecule has 20 heavy (non-hydrogen) atoms. The zero-order valence-corrected chi connectivity index (χ0v) is 11.8. The molecule has 102 valence electrons. The second-order valence-corrected chi connectivity index (χ2v) is 4.58. The van der Waals surface area contributed by atoms with Crippen molar-refractivity contribution in [1.82, 2.24) is 4.98 Å². The summed E-state index contributed by atoms with van der Waals surface area (Å²) < 4.78 is 13.4. The molecule has 3 nitrogen and oxygen atoms in total. The fourth-order valence-electron chi connectivity index (χ4n) is 2.30. The molecule has 0 bridgehead atoms. The van der Waals surface area contributed by atoms with Crippen molar-refractivity contribution in [2.75, 3.05) is 11.4 Å². The first kappa shape index (κ1) is 14.0. The van der Waals surface area contributed by atoms with Crippen LogP contribution in [0.15, 0.2) is 30.3 Å². The van der Waals surface area contributed by atoms with Gasteiger partial charge in [0.1, 0.15) is 11.9 Å². The summed E-state index contributed by atoms with van der Waals surface area (Å²) >= 11 is 0. The topological polar surface area (TPSA) is 39.9 Å². The molecule has 1 aromatic carbocycles. The van der Waals surface area contributed by atoms with Gasteiger partial charge < -0.3 is 4.90 Å². The summed E-state index contributed by atoms with van der Waals surface area (Å²) in [6.45, 7) is 6.31. The lowest BCUT2D eigenvalue weighted by Crippen LogP contribution is -2.18. The van der Waals surface area contributed by atoms with Gasteiger partial charge in [0.2, 0.25) is 0 Å². The first-order valence-corrected chi connectivity index (χ1v) is 6.48. The molecular formula is C16H16FN3. The van der Waals surface area contributed by atoms with Gasteiger partial charge in [-0.3, -0.25) is 4.98 Å². The standard InChI is InChI=1S/C16H16FN3/c1-4-20(14-7-5-6-13(17)9-14)16-8-11(2)19-12(3)15(16)10-18/h5-9H,4H2,1-3H3. The van der Waals surface area contributed by atoms with E-state index in [0.717, 1.165) is 17.1 Å². The Hall–Kier alpha value is -2.41. The fourth-order valence-corrected chi connectivity index (χ4v) is 2.30. The van der Waals surface area contributed by atoms with E-state index < -0.39 is 0 Å². The molecule has 2 aromatic rings. The van der Waals surface area contributed by atoms with E-state index in [0.29, 0.717) is 17.8 Å². The average Bonchev–Trinajstić information content (AvgIpc) is 2.39. The zero-order valence-electron chi connectivity index (χ0n) is 11.8. The Morgan fingerprint density at radius 1 is 1.30 bits per heavy atom. The first-order chi connectivity index (χ1) is 9.56. The largest absolute Gasteiger partial charge is 0.340 e. The Kier molecular flexibility index (Phi) is 3.99. The highest BCUT2D eigenvalue weighted by molar-refractivity contribution is 5.70. The molecule has 0 aliphatic heterocycles. The molecule has 0 saturated heterocycles. The van der Waals surface area contributed by atoms with Crippen LogP contribution in [-0.2, 0) is 0 Å². The van der Waals surface area contributed by atoms with Gasteiger partial charge in [-0.15, -0.1) is 0 Å². The molecule has 1 aromatic heterocycles. The summed E-state index contributed by atoms with van der Waals surface area (Å²) in [5, 5.41) is 9.35. The van der Waals surface area contributed by atoms with Gasteiger partial charge in [-0.2, -0.15) is 5.26 Å². The maximum Gasteiger partial charge on any atom is 0.125 e. The molecule has 1 heterocycles. The normalized spacial score (nSPS) is 10.2. The minimum Gasteiger partial charge on any atom is -0.340 e. The van der Waals surface area contributed by atoms with E-state index >= 15 is 0 Å². The Balaban J connectivity index is 2.61. The molecule has 2 rings (SSSR count). The lowest BCUT2D eigenvalue weighted by atomic mass is 10.1. The van der Waals surface area contributed by atoms with Crippen LogP contribution in [0.25, 0.3) is 0 Å². The molecule has 4 heteroatoms. The van der Waals surface area contributed by atoms with Crippen LogP contribution in [0.3, 0.4) is 0 Å². The average molecular weight is 269 g/mol. The summed E-state index contributed by atoms with van der Waals surface area (Å²) in [5.74, 6) is -0.290. The maximum atomic E-state index is 13.4. The number of pyridine rings is 1. The molecule has 0 aliphatic rings. The second-order valence-electron chi connectivity index (χ2n) is 4.58. The molecule has 0 unspecified atom stereocenters. The molecular weight excluding hydrogens is 253 g/mol. The molecule has 0 N–H and O–H groups in total. The highest BCUT2D eigenvalue weighted by atomic mass is 19.1. The molecule has 0 atom stereocenters. The van der Waals surface area contributed by atoms with Gasteiger partial charge in [0, 0.05) is 17.9 Å². The highest BCUT2D eigenvalue weighted by Crippen LogP contribution is 2.30. The third-order valence-corrected chi connectivity index (χ3v) is 3.15. The summed E-state index contributed by atoms with van der Waals surface area (Å²) in [6, 6.07) is 10.4. The third-order valence-electron chi connectivity index (χ3n) is 3.15. The lowest BCUT2D eigenvalue weighted by molar-refractivity contribution is 0.627. The Morgan fingerprint density at radius 3 is 2.65 bits per heavy atom. The molecule has 0 saturated carbocycles. The Bertz CT molecular complexity index is 674. The monoisotopic (exact) mass is 269 g/mol. The molecule has 0 radical (unpaired) electrons. The van der Waals surface area contributed by atoms with Crippen LogP contribution in [0, 0.1) is 31.0 Å². The number of hydrogen-bond donors (Lipinski definition) is 0. The predicted molar refractivity (Wildman–Crippen MR) is 77.5 cm³/mol. The van der Waals surface area contributed by atoms with Crippen molar-refractivity contribution in [3.8, 4) is 6.07 Å². The summed E-state index contributed by atoms with van der Waals surface area (Å²) in [6.07, 6.45) is 0. The summed E-state index contributed by atoms with van der Waals surface area (Å²) in [7, 11) is 0. The smallest absolute Gasteiger partial charge is 0.125 e. The van der Waals surface area contributed by atoms with Crippen molar-refractivity contribution in [3.63, 3.8) is 0 Å². The zero-order chi connectivity index (χ0) is 14.7. The predicted octanol–water partition coefficient (Wildman–Crippen LogP) is 3.87. The number of nitrogens with zero attached hydrogens (tertiary/aromatic N) is 3. The number of halogens is 1. The fraction of sp³-hybridized carbons (Fsp3) is 0.250. The van der Waals surface area contributed by atoms with E-state index in [1.807, 2.05) is 37.8 Å². The molecule has 0 amide bonds. The minimum absolute atomic E-state index is 0.290. The van der Waals surface area contributed by atoms with Gasteiger partial charge in [-0.25, -0.2) is 4.39 Å². The van der Waals surface area contributed by atoms with Crippen LogP contribution in [0.4, 0.5) is 15.8 Å². The van der Waals surface area contributed by atoms with Crippen molar-refractivity contribution >= 4 is 11.4 Å². The van der Waals surface area contributed by atoms with Gasteiger partial charge >= 0.3 is 0 Å². The summed E-state index contributed by atoms with van der Waals surface area (Å²) in [5.41, 5.74) is 3.56. The van der Waals surface area contributed by atoms with Crippen LogP contribution < -0.4 is 4.90 Å². The van der Waals surface area contributed by atoms with Crippen molar-refractivity contribution in [2.24, 2.45) is 0 Å². The van der Waals surface area contributed by atoms with Crippen LogP contribution in [0.1, 0.15) is 23.9 Å². The SMILES string of the molecule is CCN(c1cccc(F)c1)c1cc(C)nc(C)c1C#N. The van der Waals surface area contributed by atoms with Crippen LogP contribution in [0.5, 0.6) is 0 Å². The Labute approximate surface area is 118 Å². The number of aryl methyl sites for hydroxylation is 2. The molecule has 0 aliphatic carbocycles. The van der Waals surface area contributed by atoms with E-state index in [4.69, 9.17) is 0 Å². The number of anilines is 2. The highest BCUT2D eigenvalue weighted by Gasteiger charge is 2.15. The number of benzene rings is 1. The minimum atomic E-state index is -0.290.